The summed E-state index contributed by atoms with van der Waals surface area (Å²) in [5.74, 6) is -0.794. The Morgan fingerprint density at radius 1 is 1.30 bits per heavy atom. The molecular formula is C19H17ClN2O3S2. The number of ether oxygens (including phenoxy) is 1. The Balaban J connectivity index is 2.20. The summed E-state index contributed by atoms with van der Waals surface area (Å²) in [4.78, 5) is 30.3. The van der Waals surface area contributed by atoms with E-state index in [0.29, 0.717) is 15.4 Å². The first-order valence-electron chi connectivity index (χ1n) is 8.03. The van der Waals surface area contributed by atoms with Gasteiger partial charge in [-0.25, -0.2) is 0 Å². The fourth-order valence-electron chi connectivity index (χ4n) is 2.65. The number of carbonyl (C=O) groups is 2. The average Bonchev–Trinajstić information content (AvgIpc) is 3.03. The van der Waals surface area contributed by atoms with Crippen LogP contribution in [0.3, 0.4) is 0 Å². The van der Waals surface area contributed by atoms with Gasteiger partial charge in [0, 0.05) is 10.5 Å². The largest absolute Gasteiger partial charge is 0.468 e. The topological polar surface area (TPSA) is 60.7 Å². The maximum absolute atomic E-state index is 12.7. The molecule has 2 aromatic carbocycles. The normalized spacial score (nSPS) is 11.8. The lowest BCUT2D eigenvalue weighted by molar-refractivity contribution is -0.141. The van der Waals surface area contributed by atoms with Crippen molar-refractivity contribution in [1.82, 2.24) is 4.57 Å². The zero-order valence-electron chi connectivity index (χ0n) is 15.0. The van der Waals surface area contributed by atoms with E-state index in [-0.39, 0.29) is 12.5 Å². The minimum Gasteiger partial charge on any atom is -0.468 e. The first-order chi connectivity index (χ1) is 12.9. The molecule has 0 N–H and O–H groups in total. The van der Waals surface area contributed by atoms with Crippen molar-refractivity contribution in [3.8, 4) is 0 Å². The van der Waals surface area contributed by atoms with Crippen molar-refractivity contribution in [3.63, 3.8) is 0 Å². The summed E-state index contributed by atoms with van der Waals surface area (Å²) >= 11 is 9.16. The van der Waals surface area contributed by atoms with Crippen LogP contribution in [-0.4, -0.2) is 29.8 Å². The van der Waals surface area contributed by atoms with E-state index in [0.717, 1.165) is 20.7 Å². The lowest BCUT2D eigenvalue weighted by Crippen LogP contribution is -2.22. The van der Waals surface area contributed by atoms with Crippen molar-refractivity contribution in [1.29, 1.82) is 0 Å². The van der Waals surface area contributed by atoms with Crippen LogP contribution in [0.25, 0.3) is 10.2 Å². The molecule has 0 bridgehead atoms. The van der Waals surface area contributed by atoms with Gasteiger partial charge in [0.15, 0.2) is 4.80 Å². The molecule has 0 aliphatic heterocycles. The Labute approximate surface area is 169 Å². The number of methoxy groups -OCH3 is 1. The van der Waals surface area contributed by atoms with E-state index in [9.17, 15) is 9.59 Å². The number of carbonyl (C=O) groups excluding carboxylic acids is 2. The third-order valence-electron chi connectivity index (χ3n) is 4.01. The molecule has 0 radical (unpaired) electrons. The number of hydrogen-bond donors (Lipinski definition) is 0. The number of amides is 1. The highest BCUT2D eigenvalue weighted by atomic mass is 35.5. The molecule has 0 aliphatic carbocycles. The van der Waals surface area contributed by atoms with Gasteiger partial charge in [0.1, 0.15) is 6.54 Å². The summed E-state index contributed by atoms with van der Waals surface area (Å²) in [6.45, 7) is 1.88. The predicted octanol–water partition coefficient (Wildman–Crippen LogP) is 4.30. The molecule has 8 heteroatoms. The van der Waals surface area contributed by atoms with E-state index in [1.807, 2.05) is 31.4 Å². The monoisotopic (exact) mass is 420 g/mol. The van der Waals surface area contributed by atoms with Gasteiger partial charge in [-0.05, 0) is 43.0 Å². The quantitative estimate of drug-likeness (QED) is 0.466. The molecule has 0 aliphatic rings. The summed E-state index contributed by atoms with van der Waals surface area (Å²) in [5, 5.41) is 0.553. The van der Waals surface area contributed by atoms with Gasteiger partial charge < -0.3 is 9.30 Å². The van der Waals surface area contributed by atoms with Gasteiger partial charge in [0.2, 0.25) is 0 Å². The Morgan fingerprint density at radius 2 is 2.07 bits per heavy atom. The minimum absolute atomic E-state index is 0.0470. The molecule has 5 nitrogen and oxygen atoms in total. The number of hydrogen-bond acceptors (Lipinski definition) is 5. The summed E-state index contributed by atoms with van der Waals surface area (Å²) in [6, 6.07) is 10.9. The first-order valence-corrected chi connectivity index (χ1v) is 10.4. The molecule has 0 saturated heterocycles. The van der Waals surface area contributed by atoms with Gasteiger partial charge in [0.05, 0.1) is 22.3 Å². The summed E-state index contributed by atoms with van der Waals surface area (Å²) < 4.78 is 7.27. The molecule has 140 valence electrons. The van der Waals surface area contributed by atoms with Crippen molar-refractivity contribution in [2.75, 3.05) is 13.4 Å². The zero-order valence-corrected chi connectivity index (χ0v) is 17.4. The number of fused-ring (bicyclic) bond motifs is 1. The molecule has 3 aromatic rings. The SMILES string of the molecule is COC(=O)Cn1c(=NC(=O)c2cccc(SC)c2)sc2c(Cl)ccc(C)c21. The number of halogens is 1. The standard InChI is InChI=1S/C19H17ClN2O3S2/c1-11-7-8-14(20)17-16(11)22(10-15(23)25-2)19(27-17)21-18(24)12-5-4-6-13(9-12)26-3/h4-9H,10H2,1-3H3. The maximum atomic E-state index is 12.7. The summed E-state index contributed by atoms with van der Waals surface area (Å²) in [6.07, 6.45) is 1.95. The van der Waals surface area contributed by atoms with Crippen LogP contribution >= 0.6 is 34.7 Å². The molecule has 1 amide bonds. The first kappa shape index (κ1) is 19.7. The zero-order chi connectivity index (χ0) is 19.6. The highest BCUT2D eigenvalue weighted by Gasteiger charge is 2.16. The summed E-state index contributed by atoms with van der Waals surface area (Å²) in [5.41, 5.74) is 2.21. The van der Waals surface area contributed by atoms with Crippen LogP contribution in [-0.2, 0) is 16.1 Å². The van der Waals surface area contributed by atoms with Gasteiger partial charge in [-0.2, -0.15) is 4.99 Å². The third kappa shape index (κ3) is 4.10. The number of thiazole rings is 1. The van der Waals surface area contributed by atoms with Crippen LogP contribution < -0.4 is 4.80 Å². The number of rotatable bonds is 4. The maximum Gasteiger partial charge on any atom is 0.325 e. The molecule has 0 saturated carbocycles. The van der Waals surface area contributed by atoms with E-state index in [1.54, 1.807) is 34.5 Å². The van der Waals surface area contributed by atoms with Crippen LogP contribution in [0.2, 0.25) is 5.02 Å². The Morgan fingerprint density at radius 3 is 2.78 bits per heavy atom. The second-order valence-corrected chi connectivity index (χ2v) is 8.00. The van der Waals surface area contributed by atoms with Crippen LogP contribution in [0.5, 0.6) is 0 Å². The van der Waals surface area contributed by atoms with E-state index in [1.165, 1.54) is 18.4 Å². The number of nitrogens with zero attached hydrogens (tertiary/aromatic N) is 2. The Hall–Kier alpha value is -2.09. The number of aryl methyl sites for hydroxylation is 1. The number of esters is 1. The molecule has 0 fully saturated rings. The fourth-order valence-corrected chi connectivity index (χ4v) is 4.49. The number of aromatic nitrogens is 1. The third-order valence-corrected chi connectivity index (χ3v) is 6.27. The highest BCUT2D eigenvalue weighted by Crippen LogP contribution is 2.29. The van der Waals surface area contributed by atoms with Crippen LogP contribution in [0.1, 0.15) is 15.9 Å². The van der Waals surface area contributed by atoms with Crippen molar-refractivity contribution >= 4 is 56.8 Å². The van der Waals surface area contributed by atoms with E-state index < -0.39 is 5.97 Å². The van der Waals surface area contributed by atoms with Gasteiger partial charge in [0.25, 0.3) is 5.91 Å². The molecule has 0 atom stereocenters. The molecule has 27 heavy (non-hydrogen) atoms. The van der Waals surface area contributed by atoms with Gasteiger partial charge >= 0.3 is 5.97 Å². The Bertz CT molecular complexity index is 1100. The van der Waals surface area contributed by atoms with E-state index in [4.69, 9.17) is 16.3 Å². The lowest BCUT2D eigenvalue weighted by atomic mass is 10.2. The molecular weight excluding hydrogens is 404 g/mol. The second-order valence-electron chi connectivity index (χ2n) is 5.74. The van der Waals surface area contributed by atoms with Crippen LogP contribution in [0.4, 0.5) is 0 Å². The Kier molecular flexibility index (Phi) is 6.04. The summed E-state index contributed by atoms with van der Waals surface area (Å²) in [7, 11) is 1.33. The lowest BCUT2D eigenvalue weighted by Gasteiger charge is -2.06. The van der Waals surface area contributed by atoms with Crippen molar-refractivity contribution in [2.24, 2.45) is 4.99 Å². The number of thioether (sulfide) groups is 1. The predicted molar refractivity (Wildman–Crippen MR) is 110 cm³/mol. The van der Waals surface area contributed by atoms with E-state index in [2.05, 4.69) is 4.99 Å². The van der Waals surface area contributed by atoms with Gasteiger partial charge in [-0.15, -0.1) is 11.8 Å². The van der Waals surface area contributed by atoms with Gasteiger partial charge in [-0.3, -0.25) is 9.59 Å². The van der Waals surface area contributed by atoms with Crippen molar-refractivity contribution < 1.29 is 14.3 Å². The molecule has 0 spiro atoms. The fraction of sp³-hybridized carbons (Fsp3) is 0.211. The smallest absolute Gasteiger partial charge is 0.325 e. The highest BCUT2D eigenvalue weighted by molar-refractivity contribution is 7.98. The van der Waals surface area contributed by atoms with Crippen molar-refractivity contribution in [2.45, 2.75) is 18.4 Å². The number of benzene rings is 2. The van der Waals surface area contributed by atoms with Crippen LogP contribution in [0, 0.1) is 6.92 Å². The molecule has 1 heterocycles. The molecule has 1 aromatic heterocycles. The van der Waals surface area contributed by atoms with E-state index >= 15 is 0 Å². The molecule has 3 rings (SSSR count). The van der Waals surface area contributed by atoms with Crippen molar-refractivity contribution in [3.05, 3.63) is 57.3 Å². The second kappa shape index (κ2) is 8.29. The minimum atomic E-state index is -0.424. The van der Waals surface area contributed by atoms with Crippen LogP contribution in [0.15, 0.2) is 46.3 Å². The molecule has 0 unspecified atom stereocenters. The van der Waals surface area contributed by atoms with Gasteiger partial charge in [-0.1, -0.05) is 35.1 Å². The average molecular weight is 421 g/mol.